The molecule has 0 aromatic heterocycles. The molecule has 41 heavy (non-hydrogen) atoms. The van der Waals surface area contributed by atoms with Crippen molar-refractivity contribution in [1.29, 1.82) is 0 Å². The minimum Gasteiger partial charge on any atom is -0.394 e. The van der Waals surface area contributed by atoms with Gasteiger partial charge in [0.1, 0.15) is 30.0 Å². The van der Waals surface area contributed by atoms with Crippen molar-refractivity contribution in [2.45, 2.75) is 36.3 Å². The predicted octanol–water partition coefficient (Wildman–Crippen LogP) is 1.06. The van der Waals surface area contributed by atoms with Crippen LogP contribution >= 0.6 is 0 Å². The van der Waals surface area contributed by atoms with E-state index < -0.39 is 49.5 Å². The monoisotopic (exact) mass is 566 g/mol. The summed E-state index contributed by atoms with van der Waals surface area (Å²) in [6, 6.07) is 38.0. The summed E-state index contributed by atoms with van der Waals surface area (Å²) in [4.78, 5) is 0. The largest absolute Gasteiger partial charge is 0.394 e. The van der Waals surface area contributed by atoms with Crippen LogP contribution in [0.25, 0.3) is 0 Å². The fraction of sp³-hybridized carbons (Fsp3) is 0.250. The summed E-state index contributed by atoms with van der Waals surface area (Å²) in [5.41, 5.74) is 2.02. The zero-order valence-electron chi connectivity index (χ0n) is 22.4. The van der Waals surface area contributed by atoms with Gasteiger partial charge < -0.3 is 46.0 Å². The number of hydrogen-bond donors (Lipinski definition) is 9. The molecule has 0 radical (unpaired) electrons. The van der Waals surface area contributed by atoms with Gasteiger partial charge >= 0.3 is 0 Å². The van der Waals surface area contributed by atoms with Gasteiger partial charge in [0.25, 0.3) is 0 Å². The van der Waals surface area contributed by atoms with Crippen molar-refractivity contribution < 1.29 is 46.0 Å². The summed E-state index contributed by atoms with van der Waals surface area (Å²) in [5, 5.41) is 80.8. The normalized spacial score (nSPS) is 14.0. The predicted molar refractivity (Wildman–Crippen MR) is 153 cm³/mol. The molecule has 0 spiro atoms. The fourth-order valence-corrected chi connectivity index (χ4v) is 3.83. The smallest absolute Gasteiger partial charge is 0.178 e. The molecule has 4 aromatic rings. The summed E-state index contributed by atoms with van der Waals surface area (Å²) in [6.45, 7) is -1.45. The molecule has 9 heteroatoms. The quantitative estimate of drug-likeness (QED) is 0.106. The second-order valence-electron chi connectivity index (χ2n) is 9.07. The highest BCUT2D eigenvalue weighted by Gasteiger charge is 2.33. The summed E-state index contributed by atoms with van der Waals surface area (Å²) in [7, 11) is 0. The molecule has 0 aliphatic rings. The third kappa shape index (κ3) is 9.83. The lowest BCUT2D eigenvalue weighted by atomic mass is 9.80. The van der Waals surface area contributed by atoms with E-state index in [1.54, 1.807) is 24.3 Å². The minimum absolute atomic E-state index is 0.525. The van der Waals surface area contributed by atoms with Crippen LogP contribution in [0.5, 0.6) is 0 Å². The molecular weight excluding hydrogens is 528 g/mol. The Balaban J connectivity index is 0.000000239. The molecule has 4 aromatic carbocycles. The molecular formula is C32H38O9. The number of benzene rings is 4. The van der Waals surface area contributed by atoms with Crippen molar-refractivity contribution in [2.24, 2.45) is 0 Å². The Bertz CT molecular complexity index is 1100. The molecule has 0 fully saturated rings. The Labute approximate surface area is 239 Å². The first kappa shape index (κ1) is 33.7. The number of aliphatic hydroxyl groups excluding tert-OH is 7. The van der Waals surface area contributed by atoms with Gasteiger partial charge in [-0.3, -0.25) is 0 Å². The van der Waals surface area contributed by atoms with Crippen LogP contribution < -0.4 is 0 Å². The van der Waals surface area contributed by atoms with Crippen LogP contribution in [0.2, 0.25) is 0 Å². The summed E-state index contributed by atoms with van der Waals surface area (Å²) < 4.78 is 0. The second-order valence-corrected chi connectivity index (χ2v) is 9.07. The Morgan fingerprint density at radius 3 is 0.927 bits per heavy atom. The van der Waals surface area contributed by atoms with E-state index in [-0.39, 0.29) is 0 Å². The molecule has 220 valence electrons. The van der Waals surface area contributed by atoms with Crippen molar-refractivity contribution >= 4 is 0 Å². The van der Waals surface area contributed by atoms with Crippen LogP contribution in [-0.2, 0) is 5.60 Å². The standard InChI is InChI=1S/C19H16O.C7H8O2.C6H14O6/c20-19(16-10-4-1-5-11-16,17-12-6-2-7-13-17)18-14-8-3-9-15-18;8-7(9)6-4-2-1-3-5-6;7-1-3(9)5(11)6(12)4(10)2-8/h1-15,20H;1-5,7-9H;3-12H,1-2H2. The lowest BCUT2D eigenvalue weighted by Crippen LogP contribution is -2.46. The van der Waals surface area contributed by atoms with Gasteiger partial charge in [-0.05, 0) is 16.7 Å². The van der Waals surface area contributed by atoms with E-state index in [0.29, 0.717) is 5.56 Å². The van der Waals surface area contributed by atoms with Gasteiger partial charge in [0.15, 0.2) is 6.29 Å². The highest BCUT2D eigenvalue weighted by molar-refractivity contribution is 5.46. The first-order valence-corrected chi connectivity index (χ1v) is 12.9. The highest BCUT2D eigenvalue weighted by atomic mass is 16.5. The molecule has 0 aliphatic carbocycles. The molecule has 0 aliphatic heterocycles. The average Bonchev–Trinajstić information content (AvgIpc) is 3.05. The maximum absolute atomic E-state index is 11.4. The SMILES string of the molecule is OC(O)c1ccccc1.OC(c1ccccc1)(c1ccccc1)c1ccccc1.OCC(O)C(O)C(O)C(O)CO. The van der Waals surface area contributed by atoms with Crippen LogP contribution in [0.3, 0.4) is 0 Å². The molecule has 0 saturated heterocycles. The molecule has 4 unspecified atom stereocenters. The Morgan fingerprint density at radius 2 is 0.707 bits per heavy atom. The zero-order valence-corrected chi connectivity index (χ0v) is 22.4. The van der Waals surface area contributed by atoms with Crippen molar-refractivity contribution in [3.05, 3.63) is 144 Å². The van der Waals surface area contributed by atoms with Gasteiger partial charge in [-0.25, -0.2) is 0 Å². The zero-order chi connectivity index (χ0) is 30.3. The average molecular weight is 567 g/mol. The van der Waals surface area contributed by atoms with Crippen LogP contribution in [0.1, 0.15) is 28.5 Å². The van der Waals surface area contributed by atoms with E-state index in [2.05, 4.69) is 0 Å². The van der Waals surface area contributed by atoms with Gasteiger partial charge in [0.2, 0.25) is 0 Å². The Hall–Kier alpha value is -3.48. The maximum atomic E-state index is 11.4. The Kier molecular flexibility index (Phi) is 14.3. The third-order valence-corrected chi connectivity index (χ3v) is 6.18. The van der Waals surface area contributed by atoms with Gasteiger partial charge in [0, 0.05) is 5.56 Å². The topological polar surface area (TPSA) is 182 Å². The van der Waals surface area contributed by atoms with Crippen LogP contribution in [0.4, 0.5) is 0 Å². The summed E-state index contributed by atoms with van der Waals surface area (Å²) in [5.74, 6) is 0. The van der Waals surface area contributed by atoms with E-state index in [0.717, 1.165) is 16.7 Å². The third-order valence-electron chi connectivity index (χ3n) is 6.18. The van der Waals surface area contributed by atoms with E-state index in [4.69, 9.17) is 40.9 Å². The lowest BCUT2D eigenvalue weighted by molar-refractivity contribution is -0.123. The molecule has 4 atom stereocenters. The van der Waals surface area contributed by atoms with E-state index >= 15 is 0 Å². The van der Waals surface area contributed by atoms with Crippen molar-refractivity contribution in [3.8, 4) is 0 Å². The second kappa shape index (κ2) is 17.4. The first-order valence-electron chi connectivity index (χ1n) is 12.9. The minimum atomic E-state index is -1.67. The van der Waals surface area contributed by atoms with Gasteiger partial charge in [-0.15, -0.1) is 0 Å². The van der Waals surface area contributed by atoms with E-state index in [1.165, 1.54) is 0 Å². The number of hydrogen-bond acceptors (Lipinski definition) is 9. The van der Waals surface area contributed by atoms with Crippen molar-refractivity contribution in [3.63, 3.8) is 0 Å². The van der Waals surface area contributed by atoms with Crippen LogP contribution in [0, 0.1) is 0 Å². The molecule has 0 bridgehead atoms. The highest BCUT2D eigenvalue weighted by Crippen LogP contribution is 2.36. The van der Waals surface area contributed by atoms with Crippen molar-refractivity contribution in [2.75, 3.05) is 13.2 Å². The van der Waals surface area contributed by atoms with E-state index in [9.17, 15) is 5.11 Å². The van der Waals surface area contributed by atoms with Gasteiger partial charge in [-0.1, -0.05) is 121 Å². The van der Waals surface area contributed by atoms with Gasteiger partial charge in [-0.2, -0.15) is 0 Å². The number of rotatable bonds is 9. The molecule has 9 nitrogen and oxygen atoms in total. The van der Waals surface area contributed by atoms with Crippen molar-refractivity contribution in [1.82, 2.24) is 0 Å². The first-order chi connectivity index (χ1) is 19.7. The molecule has 0 amide bonds. The van der Waals surface area contributed by atoms with E-state index in [1.807, 2.05) is 97.1 Å². The van der Waals surface area contributed by atoms with Crippen LogP contribution in [-0.4, -0.2) is 83.6 Å². The number of aliphatic hydroxyl groups is 9. The lowest BCUT2D eigenvalue weighted by Gasteiger charge is -2.30. The fourth-order valence-electron chi connectivity index (χ4n) is 3.83. The van der Waals surface area contributed by atoms with Crippen LogP contribution in [0.15, 0.2) is 121 Å². The molecule has 0 saturated carbocycles. The Morgan fingerprint density at radius 1 is 0.439 bits per heavy atom. The summed E-state index contributed by atoms with van der Waals surface area (Å²) >= 11 is 0. The van der Waals surface area contributed by atoms with Gasteiger partial charge in [0.05, 0.1) is 13.2 Å². The molecule has 4 rings (SSSR count). The maximum Gasteiger partial charge on any atom is 0.178 e. The summed E-state index contributed by atoms with van der Waals surface area (Å²) in [6.07, 6.45) is -7.73. The molecule has 9 N–H and O–H groups in total. The molecule has 0 heterocycles.